The number of carbonyl (C=O) groups excluding carboxylic acids is 1. The van der Waals surface area contributed by atoms with Crippen molar-refractivity contribution in [3.63, 3.8) is 0 Å². The highest BCUT2D eigenvalue weighted by Gasteiger charge is 2.16. The van der Waals surface area contributed by atoms with E-state index in [1.54, 1.807) is 18.2 Å². The highest BCUT2D eigenvalue weighted by atomic mass is 35.5. The molecule has 0 fully saturated rings. The van der Waals surface area contributed by atoms with Crippen LogP contribution in [0.15, 0.2) is 39.5 Å². The van der Waals surface area contributed by atoms with Crippen molar-refractivity contribution in [2.45, 2.75) is 19.8 Å². The lowest BCUT2D eigenvalue weighted by Crippen LogP contribution is -2.20. The molecule has 0 spiro atoms. The van der Waals surface area contributed by atoms with Crippen molar-refractivity contribution < 1.29 is 28.2 Å². The van der Waals surface area contributed by atoms with Crippen molar-refractivity contribution in [1.29, 1.82) is 0 Å². The smallest absolute Gasteiger partial charge is 0.336 e. The van der Waals surface area contributed by atoms with Gasteiger partial charge in [-0.15, -0.1) is 0 Å². The van der Waals surface area contributed by atoms with Crippen LogP contribution in [0.2, 0.25) is 5.02 Å². The molecule has 0 atom stereocenters. The molecule has 1 heterocycles. The van der Waals surface area contributed by atoms with Gasteiger partial charge in [0.1, 0.15) is 11.3 Å². The third kappa shape index (κ3) is 5.08. The molecule has 0 aliphatic heterocycles. The van der Waals surface area contributed by atoms with Crippen molar-refractivity contribution in [2.24, 2.45) is 0 Å². The van der Waals surface area contributed by atoms with Crippen LogP contribution in [0.4, 0.5) is 5.69 Å². The molecule has 0 saturated carbocycles. The van der Waals surface area contributed by atoms with Crippen LogP contribution in [0.3, 0.4) is 0 Å². The lowest BCUT2D eigenvalue weighted by atomic mass is 10.1. The van der Waals surface area contributed by atoms with Gasteiger partial charge in [0.25, 0.3) is 5.91 Å². The number of methoxy groups -OCH3 is 3. The molecule has 0 aliphatic rings. The SMILES string of the molecule is CCCc1cc(=O)oc2cc(OCC(=O)Nc3cc(OC)c(OC)c(OC)c3)c(Cl)cc12. The number of anilines is 1. The van der Waals surface area contributed by atoms with E-state index in [1.165, 1.54) is 33.5 Å². The van der Waals surface area contributed by atoms with Crippen molar-refractivity contribution in [3.05, 3.63) is 51.3 Å². The molecule has 1 N–H and O–H groups in total. The van der Waals surface area contributed by atoms with E-state index in [0.717, 1.165) is 23.8 Å². The maximum Gasteiger partial charge on any atom is 0.336 e. The molecule has 32 heavy (non-hydrogen) atoms. The van der Waals surface area contributed by atoms with Gasteiger partial charge in [0.2, 0.25) is 5.75 Å². The van der Waals surface area contributed by atoms with E-state index >= 15 is 0 Å². The molecule has 2 aromatic carbocycles. The number of rotatable bonds is 9. The number of carbonyl (C=O) groups is 1. The van der Waals surface area contributed by atoms with Gasteiger partial charge in [0.15, 0.2) is 18.1 Å². The Hall–Kier alpha value is -3.39. The fourth-order valence-electron chi connectivity index (χ4n) is 3.31. The first-order valence-electron chi connectivity index (χ1n) is 9.89. The Balaban J connectivity index is 1.77. The zero-order valence-electron chi connectivity index (χ0n) is 18.2. The summed E-state index contributed by atoms with van der Waals surface area (Å²) in [7, 11) is 4.46. The summed E-state index contributed by atoms with van der Waals surface area (Å²) in [5, 5.41) is 3.76. The fraction of sp³-hybridized carbons (Fsp3) is 0.304. The summed E-state index contributed by atoms with van der Waals surface area (Å²) in [4.78, 5) is 24.3. The minimum atomic E-state index is -0.450. The van der Waals surface area contributed by atoms with Crippen LogP contribution in [0, 0.1) is 0 Å². The summed E-state index contributed by atoms with van der Waals surface area (Å²) in [6.45, 7) is 1.70. The van der Waals surface area contributed by atoms with Gasteiger partial charge in [-0.25, -0.2) is 4.79 Å². The Morgan fingerprint density at radius 1 is 1.00 bits per heavy atom. The first-order chi connectivity index (χ1) is 15.4. The molecule has 0 saturated heterocycles. The molecule has 0 bridgehead atoms. The van der Waals surface area contributed by atoms with Crippen molar-refractivity contribution in [2.75, 3.05) is 33.3 Å². The third-order valence-electron chi connectivity index (χ3n) is 4.71. The number of aryl methyl sites for hydroxylation is 1. The summed E-state index contributed by atoms with van der Waals surface area (Å²) in [6.07, 6.45) is 1.59. The largest absolute Gasteiger partial charge is 0.493 e. The first-order valence-corrected chi connectivity index (χ1v) is 10.3. The molecule has 8 nitrogen and oxygen atoms in total. The molecule has 0 unspecified atom stereocenters. The second kappa shape index (κ2) is 10.3. The van der Waals surface area contributed by atoms with Crippen LogP contribution in [0.5, 0.6) is 23.0 Å². The quantitative estimate of drug-likeness (QED) is 0.470. The molecule has 3 aromatic rings. The van der Waals surface area contributed by atoms with Gasteiger partial charge >= 0.3 is 5.63 Å². The number of halogens is 1. The van der Waals surface area contributed by atoms with Gasteiger partial charge in [-0.3, -0.25) is 4.79 Å². The fourth-order valence-corrected chi connectivity index (χ4v) is 3.53. The zero-order chi connectivity index (χ0) is 23.3. The number of benzene rings is 2. The third-order valence-corrected chi connectivity index (χ3v) is 5.00. The Kier molecular flexibility index (Phi) is 7.48. The Labute approximate surface area is 190 Å². The summed E-state index contributed by atoms with van der Waals surface area (Å²) >= 11 is 6.35. The predicted octanol–water partition coefficient (Wildman–Crippen LogP) is 4.44. The van der Waals surface area contributed by atoms with E-state index in [-0.39, 0.29) is 12.4 Å². The second-order valence-electron chi connectivity index (χ2n) is 6.87. The summed E-state index contributed by atoms with van der Waals surface area (Å²) in [6, 6.07) is 7.87. The van der Waals surface area contributed by atoms with Crippen LogP contribution in [-0.4, -0.2) is 33.8 Å². The molecule has 0 aliphatic carbocycles. The second-order valence-corrected chi connectivity index (χ2v) is 7.28. The van der Waals surface area contributed by atoms with Gasteiger partial charge in [-0.05, 0) is 18.1 Å². The average Bonchev–Trinajstić information content (AvgIpc) is 2.77. The van der Waals surface area contributed by atoms with Gasteiger partial charge in [-0.2, -0.15) is 0 Å². The monoisotopic (exact) mass is 461 g/mol. The van der Waals surface area contributed by atoms with Gasteiger partial charge in [0, 0.05) is 35.3 Å². The van der Waals surface area contributed by atoms with Gasteiger partial charge in [0.05, 0.1) is 26.4 Å². The standard InChI is InChI=1S/C23H24ClNO7/c1-5-6-13-7-22(27)32-17-11-18(16(24)10-15(13)17)31-12-21(26)25-14-8-19(28-2)23(30-4)20(9-14)29-3/h7-11H,5-6,12H2,1-4H3,(H,25,26). The van der Waals surface area contributed by atoms with E-state index in [1.807, 2.05) is 6.92 Å². The Bertz CT molecular complexity index is 1160. The molecular formula is C23H24ClNO7. The number of ether oxygens (including phenoxy) is 4. The first kappa shape index (κ1) is 23.3. The zero-order valence-corrected chi connectivity index (χ0v) is 19.0. The van der Waals surface area contributed by atoms with Crippen molar-refractivity contribution in [3.8, 4) is 23.0 Å². The summed E-state index contributed by atoms with van der Waals surface area (Å²) < 4.78 is 26.7. The van der Waals surface area contributed by atoms with E-state index in [2.05, 4.69) is 5.32 Å². The summed E-state index contributed by atoms with van der Waals surface area (Å²) in [5.74, 6) is 1.01. The van der Waals surface area contributed by atoms with E-state index in [4.69, 9.17) is 35.0 Å². The van der Waals surface area contributed by atoms with E-state index in [0.29, 0.717) is 33.5 Å². The maximum absolute atomic E-state index is 12.4. The molecular weight excluding hydrogens is 438 g/mol. The van der Waals surface area contributed by atoms with Gasteiger partial charge in [-0.1, -0.05) is 24.9 Å². The lowest BCUT2D eigenvalue weighted by molar-refractivity contribution is -0.118. The maximum atomic E-state index is 12.4. The molecule has 1 amide bonds. The average molecular weight is 462 g/mol. The van der Waals surface area contributed by atoms with E-state index in [9.17, 15) is 9.59 Å². The van der Waals surface area contributed by atoms with E-state index < -0.39 is 11.5 Å². The minimum Gasteiger partial charge on any atom is -0.493 e. The topological polar surface area (TPSA) is 96.2 Å². The lowest BCUT2D eigenvalue weighted by Gasteiger charge is -2.15. The molecule has 3 rings (SSSR count). The van der Waals surface area contributed by atoms with Crippen molar-refractivity contribution in [1.82, 2.24) is 0 Å². The van der Waals surface area contributed by atoms with Crippen molar-refractivity contribution >= 4 is 34.2 Å². The molecule has 9 heteroatoms. The van der Waals surface area contributed by atoms with Crippen LogP contribution < -0.4 is 29.9 Å². The molecule has 1 aromatic heterocycles. The van der Waals surface area contributed by atoms with Crippen LogP contribution >= 0.6 is 11.6 Å². The molecule has 0 radical (unpaired) electrons. The number of amides is 1. The van der Waals surface area contributed by atoms with Crippen LogP contribution in [0.25, 0.3) is 11.0 Å². The summed E-state index contributed by atoms with van der Waals surface area (Å²) in [5.41, 5.74) is 1.19. The predicted molar refractivity (Wildman–Crippen MR) is 122 cm³/mol. The highest BCUT2D eigenvalue weighted by molar-refractivity contribution is 6.32. The number of hydrogen-bond donors (Lipinski definition) is 1. The number of nitrogens with one attached hydrogen (secondary N) is 1. The Morgan fingerprint density at radius 2 is 1.69 bits per heavy atom. The Morgan fingerprint density at radius 3 is 2.28 bits per heavy atom. The number of hydrogen-bond acceptors (Lipinski definition) is 7. The van der Waals surface area contributed by atoms with Crippen LogP contribution in [0.1, 0.15) is 18.9 Å². The van der Waals surface area contributed by atoms with Crippen LogP contribution in [-0.2, 0) is 11.2 Å². The number of fused-ring (bicyclic) bond motifs is 1. The molecule has 170 valence electrons. The normalized spacial score (nSPS) is 10.7. The van der Waals surface area contributed by atoms with Gasteiger partial charge < -0.3 is 28.7 Å². The minimum absolute atomic E-state index is 0.232. The highest BCUT2D eigenvalue weighted by Crippen LogP contribution is 2.40.